The zero-order chi connectivity index (χ0) is 9.26. The van der Waals surface area contributed by atoms with Gasteiger partial charge in [0.2, 0.25) is 0 Å². The van der Waals surface area contributed by atoms with Gasteiger partial charge in [-0.2, -0.15) is 0 Å². The van der Waals surface area contributed by atoms with Crippen molar-refractivity contribution in [2.75, 3.05) is 0 Å². The third-order valence-electron chi connectivity index (χ3n) is 2.19. The topological polar surface area (TPSA) is 50.2 Å². The van der Waals surface area contributed by atoms with E-state index in [0.717, 1.165) is 17.2 Å². The molecule has 5 heteroatoms. The molecule has 3 nitrogen and oxygen atoms in total. The Hall–Kier alpha value is -0.550. The maximum atomic E-state index is 10.7. The second-order valence-corrected chi connectivity index (χ2v) is 5.36. The van der Waals surface area contributed by atoms with Crippen molar-refractivity contribution in [3.8, 4) is 0 Å². The van der Waals surface area contributed by atoms with Crippen LogP contribution in [-0.4, -0.2) is 21.3 Å². The lowest BCUT2D eigenvalue weighted by molar-refractivity contribution is -0.144. The molecule has 1 N–H and O–H groups in total. The monoisotopic (exact) mass is 215 g/mol. The number of thioether (sulfide) groups is 1. The Balaban J connectivity index is 1.93. The molecule has 1 fully saturated rings. The number of nitrogens with zero attached hydrogens (tertiary/aromatic N) is 1. The van der Waals surface area contributed by atoms with Gasteiger partial charge in [0.25, 0.3) is 0 Å². The smallest absolute Gasteiger partial charge is 0.307 e. The molecule has 0 spiro atoms. The molecule has 0 amide bonds. The molecular formula is C8H9NO2S2. The van der Waals surface area contributed by atoms with Crippen LogP contribution in [0.1, 0.15) is 12.8 Å². The molecule has 1 aromatic rings. The van der Waals surface area contributed by atoms with Crippen LogP contribution in [0, 0.1) is 5.92 Å². The van der Waals surface area contributed by atoms with Crippen LogP contribution >= 0.6 is 23.1 Å². The average Bonchev–Trinajstić information content (AvgIpc) is 2.48. The van der Waals surface area contributed by atoms with E-state index in [1.807, 2.05) is 5.38 Å². The highest BCUT2D eigenvalue weighted by Crippen LogP contribution is 2.41. The predicted molar refractivity (Wildman–Crippen MR) is 52.1 cm³/mol. The summed E-state index contributed by atoms with van der Waals surface area (Å²) in [6, 6.07) is 0. The highest BCUT2D eigenvalue weighted by Gasteiger charge is 2.37. The lowest BCUT2D eigenvalue weighted by Gasteiger charge is -2.31. The second-order valence-electron chi connectivity index (χ2n) is 2.98. The summed E-state index contributed by atoms with van der Waals surface area (Å²) in [6.07, 6.45) is 3.57. The molecule has 2 unspecified atom stereocenters. The molecular weight excluding hydrogens is 206 g/mol. The van der Waals surface area contributed by atoms with Crippen molar-refractivity contribution in [1.82, 2.24) is 4.98 Å². The summed E-state index contributed by atoms with van der Waals surface area (Å²) in [6.45, 7) is 0. The molecule has 1 heterocycles. The number of hydrogen-bond acceptors (Lipinski definition) is 4. The average molecular weight is 215 g/mol. The Morgan fingerprint density at radius 3 is 3.00 bits per heavy atom. The SMILES string of the molecule is O=C(O)C1CCC1Sc1nccs1. The Morgan fingerprint density at radius 2 is 2.54 bits per heavy atom. The maximum absolute atomic E-state index is 10.7. The molecule has 0 bridgehead atoms. The van der Waals surface area contributed by atoms with Crippen LogP contribution in [0.3, 0.4) is 0 Å². The minimum atomic E-state index is -0.666. The number of aliphatic carboxylic acids is 1. The first kappa shape index (κ1) is 9.02. The van der Waals surface area contributed by atoms with Gasteiger partial charge in [0.05, 0.1) is 5.92 Å². The van der Waals surface area contributed by atoms with E-state index < -0.39 is 5.97 Å². The number of carboxylic acid groups (broad SMARTS) is 1. The fourth-order valence-corrected chi connectivity index (χ4v) is 3.46. The molecule has 1 aliphatic rings. The van der Waals surface area contributed by atoms with Crippen LogP contribution < -0.4 is 0 Å². The van der Waals surface area contributed by atoms with Gasteiger partial charge in [-0.15, -0.1) is 11.3 Å². The van der Waals surface area contributed by atoms with E-state index in [4.69, 9.17) is 5.11 Å². The molecule has 0 aliphatic heterocycles. The van der Waals surface area contributed by atoms with E-state index in [-0.39, 0.29) is 11.2 Å². The molecule has 1 aliphatic carbocycles. The van der Waals surface area contributed by atoms with Gasteiger partial charge in [0.1, 0.15) is 4.34 Å². The van der Waals surface area contributed by atoms with Crippen molar-refractivity contribution in [1.29, 1.82) is 0 Å². The van der Waals surface area contributed by atoms with Crippen LogP contribution in [0.2, 0.25) is 0 Å². The summed E-state index contributed by atoms with van der Waals surface area (Å²) >= 11 is 3.17. The van der Waals surface area contributed by atoms with Crippen LogP contribution in [0.25, 0.3) is 0 Å². The zero-order valence-corrected chi connectivity index (χ0v) is 8.48. The fraction of sp³-hybridized carbons (Fsp3) is 0.500. The number of aromatic nitrogens is 1. The third-order valence-corrected chi connectivity index (χ3v) is 4.51. The van der Waals surface area contributed by atoms with E-state index in [0.29, 0.717) is 0 Å². The van der Waals surface area contributed by atoms with Gasteiger partial charge in [-0.05, 0) is 12.8 Å². The normalized spacial score (nSPS) is 26.8. The van der Waals surface area contributed by atoms with Crippen molar-refractivity contribution in [3.63, 3.8) is 0 Å². The minimum absolute atomic E-state index is 0.158. The summed E-state index contributed by atoms with van der Waals surface area (Å²) < 4.78 is 0.982. The van der Waals surface area contributed by atoms with Gasteiger partial charge in [-0.1, -0.05) is 11.8 Å². The highest BCUT2D eigenvalue weighted by molar-refractivity contribution is 8.01. The van der Waals surface area contributed by atoms with E-state index >= 15 is 0 Å². The summed E-state index contributed by atoms with van der Waals surface area (Å²) in [5, 5.41) is 11.0. The van der Waals surface area contributed by atoms with E-state index in [1.165, 1.54) is 0 Å². The Morgan fingerprint density at radius 1 is 1.69 bits per heavy atom. The zero-order valence-electron chi connectivity index (χ0n) is 6.84. The molecule has 0 saturated heterocycles. The van der Waals surface area contributed by atoms with Crippen molar-refractivity contribution in [2.24, 2.45) is 5.92 Å². The van der Waals surface area contributed by atoms with E-state index in [1.54, 1.807) is 29.3 Å². The number of rotatable bonds is 3. The molecule has 1 saturated carbocycles. The largest absolute Gasteiger partial charge is 0.481 e. The molecule has 0 radical (unpaired) electrons. The van der Waals surface area contributed by atoms with Gasteiger partial charge in [-0.25, -0.2) is 4.98 Å². The molecule has 2 atom stereocenters. The molecule has 1 aromatic heterocycles. The van der Waals surface area contributed by atoms with Crippen molar-refractivity contribution in [2.45, 2.75) is 22.4 Å². The van der Waals surface area contributed by atoms with E-state index in [2.05, 4.69) is 4.98 Å². The molecule has 2 rings (SSSR count). The number of thiazole rings is 1. The first-order valence-corrected chi connectivity index (χ1v) is 5.82. The molecule has 70 valence electrons. The number of carbonyl (C=O) groups is 1. The summed E-state index contributed by atoms with van der Waals surface area (Å²) in [7, 11) is 0. The lowest BCUT2D eigenvalue weighted by Crippen LogP contribution is -2.35. The van der Waals surface area contributed by atoms with Gasteiger partial charge in [-0.3, -0.25) is 4.79 Å². The first-order chi connectivity index (χ1) is 6.27. The van der Waals surface area contributed by atoms with Gasteiger partial charge in [0.15, 0.2) is 0 Å². The minimum Gasteiger partial charge on any atom is -0.481 e. The summed E-state index contributed by atoms with van der Waals surface area (Å²) in [5.41, 5.74) is 0. The first-order valence-electron chi connectivity index (χ1n) is 4.06. The van der Waals surface area contributed by atoms with Gasteiger partial charge < -0.3 is 5.11 Å². The predicted octanol–water partition coefficient (Wildman–Crippen LogP) is 2.10. The Labute approximate surface area is 84.2 Å². The fourth-order valence-electron chi connectivity index (χ4n) is 1.29. The maximum Gasteiger partial charge on any atom is 0.307 e. The summed E-state index contributed by atoms with van der Waals surface area (Å²) in [4.78, 5) is 14.8. The standard InChI is InChI=1S/C8H9NO2S2/c10-7(11)5-1-2-6(5)13-8-9-3-4-12-8/h3-6H,1-2H2,(H,10,11). The van der Waals surface area contributed by atoms with E-state index in [9.17, 15) is 4.79 Å². The van der Waals surface area contributed by atoms with Crippen molar-refractivity contribution >= 4 is 29.1 Å². The van der Waals surface area contributed by atoms with Crippen LogP contribution in [0.15, 0.2) is 15.9 Å². The van der Waals surface area contributed by atoms with Gasteiger partial charge >= 0.3 is 5.97 Å². The van der Waals surface area contributed by atoms with Crippen LogP contribution in [0.5, 0.6) is 0 Å². The van der Waals surface area contributed by atoms with Crippen molar-refractivity contribution in [3.05, 3.63) is 11.6 Å². The number of carboxylic acids is 1. The van der Waals surface area contributed by atoms with Gasteiger partial charge in [0, 0.05) is 16.8 Å². The van der Waals surface area contributed by atoms with Crippen LogP contribution in [-0.2, 0) is 4.79 Å². The summed E-state index contributed by atoms with van der Waals surface area (Å²) in [5.74, 6) is -0.825. The van der Waals surface area contributed by atoms with Crippen LogP contribution in [0.4, 0.5) is 0 Å². The molecule has 0 aromatic carbocycles. The Bertz CT molecular complexity index is 299. The lowest BCUT2D eigenvalue weighted by atomic mass is 9.85. The quantitative estimate of drug-likeness (QED) is 0.839. The number of hydrogen-bond donors (Lipinski definition) is 1. The molecule has 13 heavy (non-hydrogen) atoms. The highest BCUT2D eigenvalue weighted by atomic mass is 32.2. The third kappa shape index (κ3) is 1.86. The van der Waals surface area contributed by atoms with Crippen molar-refractivity contribution < 1.29 is 9.90 Å². The Kier molecular flexibility index (Phi) is 2.55. The second kappa shape index (κ2) is 3.67.